The summed E-state index contributed by atoms with van der Waals surface area (Å²) >= 11 is 0. The minimum absolute atomic E-state index is 0.0966. The summed E-state index contributed by atoms with van der Waals surface area (Å²) in [4.78, 5) is 11.1. The van der Waals surface area contributed by atoms with E-state index in [1.807, 2.05) is 42.4 Å². The molecule has 3 rings (SSSR count). The summed E-state index contributed by atoms with van der Waals surface area (Å²) in [6.45, 7) is 2.73. The zero-order valence-electron chi connectivity index (χ0n) is 13.9. The molecule has 1 fully saturated rings. The van der Waals surface area contributed by atoms with Crippen molar-refractivity contribution in [2.45, 2.75) is 13.0 Å². The van der Waals surface area contributed by atoms with E-state index in [-0.39, 0.29) is 11.9 Å². The average Bonchev–Trinajstić information content (AvgIpc) is 2.94. The van der Waals surface area contributed by atoms with E-state index in [0.29, 0.717) is 12.5 Å². The zero-order chi connectivity index (χ0) is 16.9. The van der Waals surface area contributed by atoms with Crippen molar-refractivity contribution in [3.8, 4) is 5.75 Å². The van der Waals surface area contributed by atoms with Gasteiger partial charge in [0.25, 0.3) is 0 Å². The van der Waals surface area contributed by atoms with Gasteiger partial charge in [-0.3, -0.25) is 4.79 Å². The molecule has 0 aromatic heterocycles. The van der Waals surface area contributed by atoms with Crippen LogP contribution < -0.4 is 15.6 Å². The second-order valence-corrected chi connectivity index (χ2v) is 5.84. The highest BCUT2D eigenvalue weighted by Crippen LogP contribution is 2.24. The van der Waals surface area contributed by atoms with Gasteiger partial charge in [0.15, 0.2) is 6.73 Å². The Labute approximate surface area is 142 Å². The molecule has 1 aliphatic heterocycles. The average molecular weight is 326 g/mol. The van der Waals surface area contributed by atoms with Crippen molar-refractivity contribution in [2.75, 3.05) is 25.6 Å². The van der Waals surface area contributed by atoms with E-state index in [1.165, 1.54) is 12.5 Å². The molecule has 1 atom stereocenters. The van der Waals surface area contributed by atoms with Crippen molar-refractivity contribution in [3.05, 3.63) is 60.2 Å². The van der Waals surface area contributed by atoms with Crippen molar-refractivity contribution in [1.29, 1.82) is 0 Å². The van der Waals surface area contributed by atoms with Crippen molar-refractivity contribution < 1.29 is 9.53 Å². The van der Waals surface area contributed by atoms with Crippen LogP contribution in [0.4, 0.5) is 5.69 Å². The SMILES string of the molecule is CC(=O)Nc1cccc(OCN2CC(c3ccccc3)N(C)N2)c1. The van der Waals surface area contributed by atoms with E-state index >= 15 is 0 Å². The monoisotopic (exact) mass is 326 g/mol. The molecule has 2 aromatic carbocycles. The predicted octanol–water partition coefficient (Wildman–Crippen LogP) is 2.39. The molecule has 2 N–H and O–H groups in total. The lowest BCUT2D eigenvalue weighted by Crippen LogP contribution is -2.39. The number of carbonyl (C=O) groups is 1. The highest BCUT2D eigenvalue weighted by Gasteiger charge is 2.28. The van der Waals surface area contributed by atoms with E-state index in [0.717, 1.165) is 12.2 Å². The third-order valence-corrected chi connectivity index (χ3v) is 3.89. The number of likely N-dealkylation sites (N-methyl/N-ethyl adjacent to an activating group) is 1. The summed E-state index contributed by atoms with van der Waals surface area (Å²) in [5.74, 6) is 0.620. The number of amides is 1. The fraction of sp³-hybridized carbons (Fsp3) is 0.278. The summed E-state index contributed by atoms with van der Waals surface area (Å²) in [6, 6.07) is 18.0. The molecule has 1 amide bonds. The van der Waals surface area contributed by atoms with Crippen LogP contribution in [0, 0.1) is 0 Å². The van der Waals surface area contributed by atoms with Gasteiger partial charge in [0, 0.05) is 32.3 Å². The minimum atomic E-state index is -0.0966. The van der Waals surface area contributed by atoms with Crippen LogP contribution in [0.2, 0.25) is 0 Å². The minimum Gasteiger partial charge on any atom is -0.477 e. The molecule has 6 heteroatoms. The fourth-order valence-corrected chi connectivity index (χ4v) is 2.77. The van der Waals surface area contributed by atoms with Crippen molar-refractivity contribution in [3.63, 3.8) is 0 Å². The standard InChI is InChI=1S/C18H22N4O2/c1-14(23)19-16-9-6-10-17(11-16)24-13-22-12-18(21(2)20-22)15-7-4-3-5-8-15/h3-11,18,20H,12-13H2,1-2H3,(H,19,23). The first kappa shape index (κ1) is 16.4. The maximum absolute atomic E-state index is 11.1. The van der Waals surface area contributed by atoms with Gasteiger partial charge in [-0.15, -0.1) is 0 Å². The maximum atomic E-state index is 11.1. The van der Waals surface area contributed by atoms with Gasteiger partial charge in [-0.05, 0) is 17.7 Å². The van der Waals surface area contributed by atoms with Crippen molar-refractivity contribution in [2.24, 2.45) is 0 Å². The Morgan fingerprint density at radius 2 is 2.04 bits per heavy atom. The molecule has 1 saturated heterocycles. The Kier molecular flexibility index (Phi) is 5.10. The number of rotatable bonds is 5. The van der Waals surface area contributed by atoms with Gasteiger partial charge in [-0.2, -0.15) is 10.5 Å². The Morgan fingerprint density at radius 3 is 2.79 bits per heavy atom. The van der Waals surface area contributed by atoms with Gasteiger partial charge in [0.2, 0.25) is 5.91 Å². The largest absolute Gasteiger partial charge is 0.477 e. The lowest BCUT2D eigenvalue weighted by atomic mass is 10.1. The first-order valence-electron chi connectivity index (χ1n) is 7.91. The summed E-state index contributed by atoms with van der Waals surface area (Å²) in [6.07, 6.45) is 0. The first-order valence-corrected chi connectivity index (χ1v) is 7.91. The normalized spacial score (nSPS) is 18.5. The highest BCUT2D eigenvalue weighted by molar-refractivity contribution is 5.88. The number of ether oxygens (including phenoxy) is 1. The summed E-state index contributed by atoms with van der Waals surface area (Å²) in [7, 11) is 2.02. The van der Waals surface area contributed by atoms with Crippen molar-refractivity contribution in [1.82, 2.24) is 15.6 Å². The number of nitrogens with zero attached hydrogens (tertiary/aromatic N) is 2. The quantitative estimate of drug-likeness (QED) is 0.883. The zero-order valence-corrected chi connectivity index (χ0v) is 13.9. The highest BCUT2D eigenvalue weighted by atomic mass is 16.5. The van der Waals surface area contributed by atoms with Crippen molar-refractivity contribution >= 4 is 11.6 Å². The Balaban J connectivity index is 1.57. The lowest BCUT2D eigenvalue weighted by molar-refractivity contribution is -0.114. The van der Waals surface area contributed by atoms with Crippen LogP contribution in [0.3, 0.4) is 0 Å². The molecule has 0 spiro atoms. The molecular weight excluding hydrogens is 304 g/mol. The number of nitrogens with one attached hydrogen (secondary N) is 2. The molecule has 0 bridgehead atoms. The van der Waals surface area contributed by atoms with E-state index in [2.05, 4.69) is 40.1 Å². The molecule has 1 aliphatic rings. The van der Waals surface area contributed by atoms with Gasteiger partial charge in [-0.25, -0.2) is 5.01 Å². The molecule has 0 saturated carbocycles. The van der Waals surface area contributed by atoms with E-state index in [1.54, 1.807) is 0 Å². The van der Waals surface area contributed by atoms with E-state index in [4.69, 9.17) is 4.74 Å². The van der Waals surface area contributed by atoms with Crippen LogP contribution in [-0.4, -0.2) is 36.2 Å². The molecule has 1 unspecified atom stereocenters. The third kappa shape index (κ3) is 4.11. The first-order chi connectivity index (χ1) is 11.6. The van der Waals surface area contributed by atoms with Crippen LogP contribution in [0.1, 0.15) is 18.5 Å². The number of hydrogen-bond acceptors (Lipinski definition) is 5. The van der Waals surface area contributed by atoms with Gasteiger partial charge in [0.05, 0.1) is 6.04 Å². The predicted molar refractivity (Wildman–Crippen MR) is 93.0 cm³/mol. The Morgan fingerprint density at radius 1 is 1.25 bits per heavy atom. The Hall–Kier alpha value is -2.41. The lowest BCUT2D eigenvalue weighted by Gasteiger charge is -2.18. The molecule has 126 valence electrons. The Bertz CT molecular complexity index is 692. The van der Waals surface area contributed by atoms with Crippen LogP contribution in [0.15, 0.2) is 54.6 Å². The fourth-order valence-electron chi connectivity index (χ4n) is 2.77. The molecule has 0 aliphatic carbocycles. The number of hydrogen-bond donors (Lipinski definition) is 2. The molecule has 2 aromatic rings. The third-order valence-electron chi connectivity index (χ3n) is 3.89. The number of carbonyl (C=O) groups excluding carboxylic acids is 1. The van der Waals surface area contributed by atoms with Gasteiger partial charge < -0.3 is 10.1 Å². The van der Waals surface area contributed by atoms with Crippen LogP contribution in [-0.2, 0) is 4.79 Å². The number of benzene rings is 2. The van der Waals surface area contributed by atoms with Crippen LogP contribution in [0.25, 0.3) is 0 Å². The molecular formula is C18H22N4O2. The maximum Gasteiger partial charge on any atom is 0.221 e. The number of anilines is 1. The molecule has 0 radical (unpaired) electrons. The smallest absolute Gasteiger partial charge is 0.221 e. The topological polar surface area (TPSA) is 56.8 Å². The second kappa shape index (κ2) is 7.44. The summed E-state index contributed by atoms with van der Waals surface area (Å²) < 4.78 is 5.83. The molecule has 6 nitrogen and oxygen atoms in total. The van der Waals surface area contributed by atoms with E-state index < -0.39 is 0 Å². The molecule has 24 heavy (non-hydrogen) atoms. The van der Waals surface area contributed by atoms with Crippen LogP contribution in [0.5, 0.6) is 5.75 Å². The van der Waals surface area contributed by atoms with Gasteiger partial charge in [-0.1, -0.05) is 36.4 Å². The van der Waals surface area contributed by atoms with Crippen LogP contribution >= 0.6 is 0 Å². The molecule has 1 heterocycles. The summed E-state index contributed by atoms with van der Waals surface area (Å²) in [5, 5.41) is 6.84. The summed E-state index contributed by atoms with van der Waals surface area (Å²) in [5.41, 5.74) is 5.29. The van der Waals surface area contributed by atoms with E-state index in [9.17, 15) is 4.79 Å². The second-order valence-electron chi connectivity index (χ2n) is 5.84. The number of hydrazine groups is 2. The van der Waals surface area contributed by atoms with Gasteiger partial charge in [0.1, 0.15) is 5.75 Å². The van der Waals surface area contributed by atoms with Gasteiger partial charge >= 0.3 is 0 Å².